The van der Waals surface area contributed by atoms with Crippen LogP contribution in [0, 0.1) is 0 Å². The number of alkyl halides is 3. The van der Waals surface area contributed by atoms with Crippen molar-refractivity contribution in [3.8, 4) is 0 Å². The third kappa shape index (κ3) is 2.22. The Kier molecular flexibility index (Phi) is 2.94. The van der Waals surface area contributed by atoms with E-state index in [4.69, 9.17) is 4.84 Å². The molecule has 0 saturated carbocycles. The van der Waals surface area contributed by atoms with Crippen LogP contribution >= 0.6 is 15.9 Å². The van der Waals surface area contributed by atoms with Crippen LogP contribution in [0.5, 0.6) is 0 Å². The summed E-state index contributed by atoms with van der Waals surface area (Å²) >= 11 is 3.09. The van der Waals surface area contributed by atoms with E-state index in [9.17, 15) is 13.2 Å². The molecule has 0 amide bonds. The van der Waals surface area contributed by atoms with Crippen molar-refractivity contribution in [3.63, 3.8) is 0 Å². The molecule has 1 heterocycles. The van der Waals surface area contributed by atoms with Crippen LogP contribution in [0.1, 0.15) is 17.2 Å². The standard InChI is InChI=1S/C10H7BrF3NO/c11-9-5-8(16-15-9)6-3-1-2-4-7(6)10(12,13)14/h1-5,8,15H. The highest BCUT2D eigenvalue weighted by Gasteiger charge is 2.35. The largest absolute Gasteiger partial charge is 0.416 e. The van der Waals surface area contributed by atoms with E-state index in [-0.39, 0.29) is 5.56 Å². The minimum absolute atomic E-state index is 0.0944. The normalized spacial score (nSPS) is 20.5. The van der Waals surface area contributed by atoms with E-state index in [1.165, 1.54) is 18.2 Å². The molecule has 86 valence electrons. The van der Waals surface area contributed by atoms with Crippen LogP contribution in [0.3, 0.4) is 0 Å². The molecule has 0 aromatic heterocycles. The van der Waals surface area contributed by atoms with Crippen molar-refractivity contribution in [2.45, 2.75) is 12.3 Å². The fraction of sp³-hybridized carbons (Fsp3) is 0.200. The molecule has 1 aromatic carbocycles. The second-order valence-corrected chi connectivity index (χ2v) is 4.09. The van der Waals surface area contributed by atoms with Gasteiger partial charge in [0.1, 0.15) is 10.7 Å². The minimum Gasteiger partial charge on any atom is -0.263 e. The fourth-order valence-electron chi connectivity index (χ4n) is 1.48. The summed E-state index contributed by atoms with van der Waals surface area (Å²) in [5.74, 6) is 0. The molecule has 0 saturated heterocycles. The average Bonchev–Trinajstić information content (AvgIpc) is 2.64. The minimum atomic E-state index is -4.37. The van der Waals surface area contributed by atoms with Crippen LogP contribution in [-0.2, 0) is 11.0 Å². The van der Waals surface area contributed by atoms with E-state index in [2.05, 4.69) is 21.4 Å². The quantitative estimate of drug-likeness (QED) is 0.800. The van der Waals surface area contributed by atoms with E-state index in [1.807, 2.05) is 0 Å². The van der Waals surface area contributed by atoms with E-state index >= 15 is 0 Å². The monoisotopic (exact) mass is 293 g/mol. The first kappa shape index (κ1) is 11.5. The Balaban J connectivity index is 2.41. The van der Waals surface area contributed by atoms with E-state index in [0.717, 1.165) is 6.07 Å². The van der Waals surface area contributed by atoms with Crippen LogP contribution in [0.4, 0.5) is 13.2 Å². The van der Waals surface area contributed by atoms with E-state index in [0.29, 0.717) is 4.61 Å². The molecule has 0 fully saturated rings. The number of hydrogen-bond donors (Lipinski definition) is 1. The van der Waals surface area contributed by atoms with Crippen LogP contribution < -0.4 is 5.48 Å². The van der Waals surface area contributed by atoms with Gasteiger partial charge in [0.15, 0.2) is 0 Å². The molecule has 2 nitrogen and oxygen atoms in total. The van der Waals surface area contributed by atoms with Crippen molar-refractivity contribution >= 4 is 15.9 Å². The summed E-state index contributed by atoms with van der Waals surface area (Å²) in [5, 5.41) is 0. The highest BCUT2D eigenvalue weighted by Crippen LogP contribution is 2.37. The molecular weight excluding hydrogens is 287 g/mol. The lowest BCUT2D eigenvalue weighted by Gasteiger charge is -2.15. The maximum atomic E-state index is 12.7. The number of benzene rings is 1. The number of nitrogens with one attached hydrogen (secondary N) is 1. The van der Waals surface area contributed by atoms with Crippen molar-refractivity contribution in [2.75, 3.05) is 0 Å². The Hall–Kier alpha value is -1.01. The fourth-order valence-corrected chi connectivity index (χ4v) is 1.81. The van der Waals surface area contributed by atoms with Gasteiger partial charge in [-0.2, -0.15) is 13.2 Å². The predicted octanol–water partition coefficient (Wildman–Crippen LogP) is 3.52. The summed E-state index contributed by atoms with van der Waals surface area (Å²) in [6.07, 6.45) is -3.57. The molecule has 1 N–H and O–H groups in total. The van der Waals surface area contributed by atoms with Crippen LogP contribution in [0.15, 0.2) is 34.9 Å². The van der Waals surface area contributed by atoms with Gasteiger partial charge in [0, 0.05) is 0 Å². The van der Waals surface area contributed by atoms with E-state index in [1.54, 1.807) is 6.07 Å². The second-order valence-electron chi connectivity index (χ2n) is 3.24. The van der Waals surface area contributed by atoms with Crippen LogP contribution in [0.2, 0.25) is 0 Å². The lowest BCUT2D eigenvalue weighted by Crippen LogP contribution is -2.13. The Bertz CT molecular complexity index is 430. The first-order valence-corrected chi connectivity index (χ1v) is 5.23. The molecule has 1 aliphatic heterocycles. The molecule has 0 bridgehead atoms. The number of hydroxylamine groups is 1. The first-order chi connectivity index (χ1) is 7.48. The molecule has 16 heavy (non-hydrogen) atoms. The van der Waals surface area contributed by atoms with Gasteiger partial charge in [0.2, 0.25) is 0 Å². The summed E-state index contributed by atoms with van der Waals surface area (Å²) in [7, 11) is 0. The Morgan fingerprint density at radius 3 is 2.50 bits per heavy atom. The Morgan fingerprint density at radius 1 is 1.25 bits per heavy atom. The average molecular weight is 294 g/mol. The zero-order valence-corrected chi connectivity index (χ0v) is 9.47. The number of rotatable bonds is 1. The maximum absolute atomic E-state index is 12.7. The second kappa shape index (κ2) is 4.10. The zero-order chi connectivity index (χ0) is 11.8. The van der Waals surface area contributed by atoms with Gasteiger partial charge >= 0.3 is 6.18 Å². The van der Waals surface area contributed by atoms with Gasteiger partial charge in [-0.05, 0) is 33.6 Å². The van der Waals surface area contributed by atoms with Gasteiger partial charge in [-0.15, -0.1) is 0 Å². The van der Waals surface area contributed by atoms with Gasteiger partial charge in [0.25, 0.3) is 0 Å². The molecule has 1 aliphatic rings. The van der Waals surface area contributed by atoms with Crippen molar-refractivity contribution in [1.29, 1.82) is 0 Å². The Labute approximate surface area is 98.2 Å². The van der Waals surface area contributed by atoms with Crippen molar-refractivity contribution in [2.24, 2.45) is 0 Å². The highest BCUT2D eigenvalue weighted by atomic mass is 79.9. The molecule has 0 radical (unpaired) electrons. The van der Waals surface area contributed by atoms with Gasteiger partial charge in [-0.1, -0.05) is 18.2 Å². The lowest BCUT2D eigenvalue weighted by atomic mass is 10.0. The molecule has 1 unspecified atom stereocenters. The highest BCUT2D eigenvalue weighted by molar-refractivity contribution is 9.11. The lowest BCUT2D eigenvalue weighted by molar-refractivity contribution is -0.139. The van der Waals surface area contributed by atoms with Gasteiger partial charge in [-0.3, -0.25) is 10.3 Å². The molecule has 0 spiro atoms. The first-order valence-electron chi connectivity index (χ1n) is 4.43. The summed E-state index contributed by atoms with van der Waals surface area (Å²) in [4.78, 5) is 5.00. The zero-order valence-electron chi connectivity index (χ0n) is 7.88. The maximum Gasteiger partial charge on any atom is 0.416 e. The molecule has 1 aromatic rings. The van der Waals surface area contributed by atoms with E-state index < -0.39 is 17.8 Å². The number of hydrogen-bond acceptors (Lipinski definition) is 2. The molecule has 2 rings (SSSR count). The third-order valence-electron chi connectivity index (χ3n) is 2.15. The molecule has 1 atom stereocenters. The van der Waals surface area contributed by atoms with Crippen LogP contribution in [-0.4, -0.2) is 0 Å². The smallest absolute Gasteiger partial charge is 0.263 e. The van der Waals surface area contributed by atoms with Gasteiger partial charge < -0.3 is 0 Å². The topological polar surface area (TPSA) is 21.3 Å². The molecular formula is C10H7BrF3NO. The summed E-state index contributed by atoms with van der Waals surface area (Å²) in [6.45, 7) is 0. The molecule has 6 heteroatoms. The van der Waals surface area contributed by atoms with Crippen LogP contribution in [0.25, 0.3) is 0 Å². The van der Waals surface area contributed by atoms with Crippen molar-refractivity contribution in [1.82, 2.24) is 5.48 Å². The number of halogens is 4. The molecule has 0 aliphatic carbocycles. The van der Waals surface area contributed by atoms with Crippen molar-refractivity contribution in [3.05, 3.63) is 46.1 Å². The van der Waals surface area contributed by atoms with Gasteiger partial charge in [0.05, 0.1) is 5.56 Å². The summed E-state index contributed by atoms with van der Waals surface area (Å²) in [6, 6.07) is 5.34. The summed E-state index contributed by atoms with van der Waals surface area (Å²) < 4.78 is 38.6. The summed E-state index contributed by atoms with van der Waals surface area (Å²) in [5.41, 5.74) is 1.87. The SMILES string of the molecule is FC(F)(F)c1ccccc1C1C=C(Br)NO1. The predicted molar refractivity (Wildman–Crippen MR) is 55.4 cm³/mol. The third-order valence-corrected chi connectivity index (χ3v) is 2.58. The van der Waals surface area contributed by atoms with Crippen molar-refractivity contribution < 1.29 is 18.0 Å². The Morgan fingerprint density at radius 2 is 1.94 bits per heavy atom. The van der Waals surface area contributed by atoms with Gasteiger partial charge in [-0.25, -0.2) is 0 Å².